The van der Waals surface area contributed by atoms with Crippen LogP contribution < -0.4 is 0 Å². The van der Waals surface area contributed by atoms with Crippen LogP contribution in [0.4, 0.5) is 0 Å². The second-order valence-electron chi connectivity index (χ2n) is 3.66. The smallest absolute Gasteiger partial charge is 0.0845 e. The van der Waals surface area contributed by atoms with Crippen molar-refractivity contribution in [2.75, 3.05) is 5.75 Å². The zero-order valence-corrected chi connectivity index (χ0v) is 6.77. The standard InChI is InChI=1S/C8H12OS/c1-2-6-7(9-6)3-5(1)8-4-10-8/h5-8H,1-4H2. The zero-order valence-electron chi connectivity index (χ0n) is 5.95. The molecule has 0 aromatic heterocycles. The maximum Gasteiger partial charge on any atom is 0.0845 e. The molecule has 56 valence electrons. The van der Waals surface area contributed by atoms with Gasteiger partial charge < -0.3 is 4.74 Å². The van der Waals surface area contributed by atoms with Crippen LogP contribution in [0.25, 0.3) is 0 Å². The lowest BCUT2D eigenvalue weighted by Gasteiger charge is -2.16. The van der Waals surface area contributed by atoms with Crippen LogP contribution in [-0.2, 0) is 4.74 Å². The molecular weight excluding hydrogens is 144 g/mol. The minimum absolute atomic E-state index is 0.694. The van der Waals surface area contributed by atoms with Crippen molar-refractivity contribution in [3.63, 3.8) is 0 Å². The highest BCUT2D eigenvalue weighted by molar-refractivity contribution is 8.06. The third-order valence-electron chi connectivity index (χ3n) is 2.93. The Labute approximate surface area is 65.5 Å². The van der Waals surface area contributed by atoms with E-state index < -0.39 is 0 Å². The third-order valence-corrected chi connectivity index (χ3v) is 4.03. The van der Waals surface area contributed by atoms with Gasteiger partial charge in [0.15, 0.2) is 0 Å². The van der Waals surface area contributed by atoms with Crippen molar-refractivity contribution in [1.29, 1.82) is 0 Å². The molecule has 0 N–H and O–H groups in total. The van der Waals surface area contributed by atoms with Crippen LogP contribution in [0.5, 0.6) is 0 Å². The summed E-state index contributed by atoms with van der Waals surface area (Å²) in [6, 6.07) is 0. The highest BCUT2D eigenvalue weighted by Crippen LogP contribution is 2.48. The number of thioether (sulfide) groups is 1. The Hall–Kier alpha value is 0.310. The monoisotopic (exact) mass is 156 g/mol. The van der Waals surface area contributed by atoms with E-state index in [9.17, 15) is 0 Å². The van der Waals surface area contributed by atoms with E-state index in [1.54, 1.807) is 0 Å². The summed E-state index contributed by atoms with van der Waals surface area (Å²) in [7, 11) is 0. The SMILES string of the molecule is C1CC2OC2CC1C1CS1. The Morgan fingerprint density at radius 1 is 1.20 bits per heavy atom. The van der Waals surface area contributed by atoms with Crippen molar-refractivity contribution in [3.05, 3.63) is 0 Å². The summed E-state index contributed by atoms with van der Waals surface area (Å²) in [6.45, 7) is 0. The molecule has 10 heavy (non-hydrogen) atoms. The summed E-state index contributed by atoms with van der Waals surface area (Å²) in [5.41, 5.74) is 0. The van der Waals surface area contributed by atoms with Gasteiger partial charge in [0.05, 0.1) is 12.2 Å². The molecule has 3 rings (SSSR count). The molecule has 0 amide bonds. The largest absolute Gasteiger partial charge is 0.370 e. The van der Waals surface area contributed by atoms with E-state index in [1.807, 2.05) is 0 Å². The lowest BCUT2D eigenvalue weighted by atomic mass is 9.88. The van der Waals surface area contributed by atoms with Crippen LogP contribution >= 0.6 is 11.8 Å². The fourth-order valence-corrected chi connectivity index (χ4v) is 3.00. The first-order valence-electron chi connectivity index (χ1n) is 4.20. The summed E-state index contributed by atoms with van der Waals surface area (Å²) in [6.07, 6.45) is 5.56. The third kappa shape index (κ3) is 0.892. The van der Waals surface area contributed by atoms with Gasteiger partial charge in [0.1, 0.15) is 0 Å². The first-order valence-corrected chi connectivity index (χ1v) is 5.25. The summed E-state index contributed by atoms with van der Waals surface area (Å²) in [5.74, 6) is 2.45. The fourth-order valence-electron chi connectivity index (χ4n) is 2.10. The van der Waals surface area contributed by atoms with Crippen molar-refractivity contribution < 1.29 is 4.74 Å². The molecule has 4 unspecified atom stereocenters. The van der Waals surface area contributed by atoms with E-state index in [0.29, 0.717) is 12.2 Å². The topological polar surface area (TPSA) is 12.5 Å². The average molecular weight is 156 g/mol. The van der Waals surface area contributed by atoms with Gasteiger partial charge >= 0.3 is 0 Å². The number of fused-ring (bicyclic) bond motifs is 1. The molecule has 0 spiro atoms. The molecule has 2 aliphatic heterocycles. The Kier molecular flexibility index (Phi) is 1.13. The van der Waals surface area contributed by atoms with Gasteiger partial charge in [0.25, 0.3) is 0 Å². The summed E-state index contributed by atoms with van der Waals surface area (Å²) in [5, 5.41) is 1.03. The molecule has 0 aromatic rings. The Bertz CT molecular complexity index is 155. The van der Waals surface area contributed by atoms with Crippen molar-refractivity contribution in [3.8, 4) is 0 Å². The van der Waals surface area contributed by atoms with Crippen molar-refractivity contribution in [2.24, 2.45) is 5.92 Å². The van der Waals surface area contributed by atoms with Crippen LogP contribution in [0.3, 0.4) is 0 Å². The second kappa shape index (κ2) is 1.92. The van der Waals surface area contributed by atoms with E-state index in [1.165, 1.54) is 25.0 Å². The van der Waals surface area contributed by atoms with Crippen molar-refractivity contribution in [1.82, 2.24) is 0 Å². The first kappa shape index (κ1) is 5.90. The second-order valence-corrected chi connectivity index (χ2v) is 4.93. The number of ether oxygens (including phenoxy) is 1. The minimum atomic E-state index is 0.694. The molecule has 0 radical (unpaired) electrons. The average Bonchev–Trinajstić information content (AvgIpc) is 2.83. The molecule has 2 heteroatoms. The number of epoxide rings is 1. The highest BCUT2D eigenvalue weighted by Gasteiger charge is 2.47. The molecule has 0 bridgehead atoms. The lowest BCUT2D eigenvalue weighted by molar-refractivity contribution is 0.364. The maximum atomic E-state index is 5.48. The van der Waals surface area contributed by atoms with E-state index in [2.05, 4.69) is 11.8 Å². The predicted octanol–water partition coefficient (Wildman–Crippen LogP) is 1.67. The molecule has 4 atom stereocenters. The molecular formula is C8H12OS. The van der Waals surface area contributed by atoms with Crippen LogP contribution in [0.2, 0.25) is 0 Å². The van der Waals surface area contributed by atoms with Gasteiger partial charge in [0.2, 0.25) is 0 Å². The van der Waals surface area contributed by atoms with Crippen molar-refractivity contribution >= 4 is 11.8 Å². The van der Waals surface area contributed by atoms with E-state index >= 15 is 0 Å². The normalized spacial score (nSPS) is 57.6. The van der Waals surface area contributed by atoms with E-state index in [4.69, 9.17) is 4.74 Å². The first-order chi connectivity index (χ1) is 4.93. The van der Waals surface area contributed by atoms with Gasteiger partial charge in [-0.1, -0.05) is 0 Å². The lowest BCUT2D eigenvalue weighted by Crippen LogP contribution is -2.17. The molecule has 2 heterocycles. The van der Waals surface area contributed by atoms with Gasteiger partial charge in [-0.25, -0.2) is 0 Å². The van der Waals surface area contributed by atoms with Gasteiger partial charge in [-0.05, 0) is 25.2 Å². The Morgan fingerprint density at radius 3 is 2.80 bits per heavy atom. The quantitative estimate of drug-likeness (QED) is 0.535. The number of rotatable bonds is 1. The zero-order chi connectivity index (χ0) is 6.55. The summed E-state index contributed by atoms with van der Waals surface area (Å²) < 4.78 is 5.48. The maximum absolute atomic E-state index is 5.48. The van der Waals surface area contributed by atoms with Gasteiger partial charge in [-0.15, -0.1) is 0 Å². The highest BCUT2D eigenvalue weighted by atomic mass is 32.2. The molecule has 3 aliphatic rings. The molecule has 2 saturated heterocycles. The number of hydrogen-bond acceptors (Lipinski definition) is 2. The fraction of sp³-hybridized carbons (Fsp3) is 1.00. The van der Waals surface area contributed by atoms with Gasteiger partial charge in [-0.3, -0.25) is 0 Å². The molecule has 3 fully saturated rings. The Balaban J connectivity index is 1.65. The van der Waals surface area contributed by atoms with Gasteiger partial charge in [0, 0.05) is 11.0 Å². The van der Waals surface area contributed by atoms with E-state index in [0.717, 1.165) is 11.2 Å². The minimum Gasteiger partial charge on any atom is -0.370 e. The van der Waals surface area contributed by atoms with Crippen LogP contribution in [-0.4, -0.2) is 23.2 Å². The van der Waals surface area contributed by atoms with Gasteiger partial charge in [-0.2, -0.15) is 11.8 Å². The predicted molar refractivity (Wildman–Crippen MR) is 42.2 cm³/mol. The summed E-state index contributed by atoms with van der Waals surface area (Å²) >= 11 is 2.14. The van der Waals surface area contributed by atoms with Crippen LogP contribution in [0.15, 0.2) is 0 Å². The molecule has 0 aromatic carbocycles. The van der Waals surface area contributed by atoms with Crippen LogP contribution in [0, 0.1) is 5.92 Å². The molecule has 1 saturated carbocycles. The van der Waals surface area contributed by atoms with Crippen molar-refractivity contribution in [2.45, 2.75) is 36.7 Å². The molecule has 1 aliphatic carbocycles. The van der Waals surface area contributed by atoms with Crippen LogP contribution in [0.1, 0.15) is 19.3 Å². The van der Waals surface area contributed by atoms with E-state index in [-0.39, 0.29) is 0 Å². The number of hydrogen-bond donors (Lipinski definition) is 0. The summed E-state index contributed by atoms with van der Waals surface area (Å²) in [4.78, 5) is 0. The Morgan fingerprint density at radius 2 is 2.10 bits per heavy atom. The molecule has 1 nitrogen and oxygen atoms in total.